The van der Waals surface area contributed by atoms with Crippen LogP contribution >= 0.6 is 34.7 Å². The van der Waals surface area contributed by atoms with Crippen molar-refractivity contribution >= 4 is 69.8 Å². The number of aromatic nitrogens is 1. The number of nitrogens with zero attached hydrogens (tertiary/aromatic N) is 1. The van der Waals surface area contributed by atoms with Crippen LogP contribution in [0.3, 0.4) is 0 Å². The van der Waals surface area contributed by atoms with E-state index >= 15 is 0 Å². The number of amides is 3. The van der Waals surface area contributed by atoms with Crippen molar-refractivity contribution in [1.29, 1.82) is 0 Å². The molecule has 44 heavy (non-hydrogen) atoms. The van der Waals surface area contributed by atoms with E-state index in [1.54, 1.807) is 79.7 Å². The average Bonchev–Trinajstić information content (AvgIpc) is 3.51. The second-order valence-electron chi connectivity index (χ2n) is 9.94. The maximum atomic E-state index is 13.8. The Labute approximate surface area is 264 Å². The first-order valence-corrected chi connectivity index (χ1v) is 15.6. The number of anilines is 2. The number of carbonyl (C=O) groups excluding carboxylic acids is 4. The van der Waals surface area contributed by atoms with Gasteiger partial charge in [-0.1, -0.05) is 46.8 Å². The van der Waals surface area contributed by atoms with E-state index in [4.69, 9.17) is 21.1 Å². The van der Waals surface area contributed by atoms with E-state index in [-0.39, 0.29) is 29.9 Å². The molecule has 10 nitrogen and oxygen atoms in total. The number of carbonyl (C=O) groups is 4. The number of esters is 1. The Hall–Kier alpha value is -4.39. The number of fused-ring (bicyclic) bond motifs is 2. The summed E-state index contributed by atoms with van der Waals surface area (Å²) >= 11 is 8.25. The zero-order valence-electron chi connectivity index (χ0n) is 23.1. The molecule has 1 fully saturated rings. The molecule has 0 saturated carbocycles. The Morgan fingerprint density at radius 2 is 1.66 bits per heavy atom. The SMILES string of the molecule is CCOC(=O)c1ccc(NC(=O)COc2ccc([C@@H]3c4sc(=O)[nH]c4S[C@H]4C(=O)N(c5ccc(Cl)cc5)C(=O)[C@@H]34)cc2)cc1. The smallest absolute Gasteiger partial charge is 0.338 e. The zero-order valence-corrected chi connectivity index (χ0v) is 25.5. The van der Waals surface area contributed by atoms with E-state index in [0.717, 1.165) is 16.9 Å². The Morgan fingerprint density at radius 1 is 0.955 bits per heavy atom. The molecule has 2 aliphatic heterocycles. The Kier molecular flexibility index (Phi) is 8.30. The fraction of sp³-hybridized carbons (Fsp3) is 0.194. The minimum absolute atomic E-state index is 0.261. The molecule has 1 aromatic heterocycles. The van der Waals surface area contributed by atoms with Gasteiger partial charge in [0.15, 0.2) is 6.61 Å². The van der Waals surface area contributed by atoms with Gasteiger partial charge >= 0.3 is 10.8 Å². The topological polar surface area (TPSA) is 135 Å². The molecule has 3 heterocycles. The van der Waals surface area contributed by atoms with Crippen molar-refractivity contribution in [3.05, 3.63) is 103 Å². The van der Waals surface area contributed by atoms with Crippen LogP contribution in [-0.2, 0) is 19.1 Å². The van der Waals surface area contributed by atoms with Crippen molar-refractivity contribution in [1.82, 2.24) is 4.98 Å². The van der Waals surface area contributed by atoms with Crippen molar-refractivity contribution < 1.29 is 28.7 Å². The maximum Gasteiger partial charge on any atom is 0.338 e. The highest BCUT2D eigenvalue weighted by Gasteiger charge is 2.56. The minimum Gasteiger partial charge on any atom is -0.484 e. The number of nitrogens with one attached hydrogen (secondary N) is 2. The summed E-state index contributed by atoms with van der Waals surface area (Å²) in [6.45, 7) is 1.73. The van der Waals surface area contributed by atoms with Gasteiger partial charge in [-0.25, -0.2) is 9.69 Å². The van der Waals surface area contributed by atoms with Crippen molar-refractivity contribution in [3.8, 4) is 5.75 Å². The molecule has 2 N–H and O–H groups in total. The molecule has 3 atom stereocenters. The molecule has 0 bridgehead atoms. The highest BCUT2D eigenvalue weighted by Crippen LogP contribution is 2.53. The fourth-order valence-electron chi connectivity index (χ4n) is 5.24. The van der Waals surface area contributed by atoms with E-state index in [0.29, 0.717) is 37.6 Å². The molecule has 0 radical (unpaired) electrons. The number of halogens is 1. The van der Waals surface area contributed by atoms with Gasteiger partial charge in [-0.3, -0.25) is 19.2 Å². The van der Waals surface area contributed by atoms with Crippen LogP contribution in [0, 0.1) is 5.92 Å². The van der Waals surface area contributed by atoms with Gasteiger partial charge in [-0.2, -0.15) is 0 Å². The monoisotopic (exact) mass is 649 g/mol. The summed E-state index contributed by atoms with van der Waals surface area (Å²) < 4.78 is 10.6. The number of hydrogen-bond donors (Lipinski definition) is 2. The largest absolute Gasteiger partial charge is 0.484 e. The van der Waals surface area contributed by atoms with E-state index < -0.39 is 29.0 Å². The van der Waals surface area contributed by atoms with Crippen LogP contribution in [0.4, 0.5) is 11.4 Å². The highest BCUT2D eigenvalue weighted by molar-refractivity contribution is 8.00. The third kappa shape index (κ3) is 5.75. The van der Waals surface area contributed by atoms with Crippen LogP contribution in [0.15, 0.2) is 82.6 Å². The van der Waals surface area contributed by atoms with Crippen LogP contribution in [0.2, 0.25) is 5.02 Å². The van der Waals surface area contributed by atoms with E-state index in [2.05, 4.69) is 10.3 Å². The van der Waals surface area contributed by atoms with Crippen molar-refractivity contribution in [2.45, 2.75) is 23.1 Å². The molecule has 0 unspecified atom stereocenters. The number of H-pyrrole nitrogens is 1. The van der Waals surface area contributed by atoms with Crippen molar-refractivity contribution in [2.75, 3.05) is 23.4 Å². The summed E-state index contributed by atoms with van der Waals surface area (Å²) in [7, 11) is 0. The lowest BCUT2D eigenvalue weighted by Gasteiger charge is -2.29. The van der Waals surface area contributed by atoms with Crippen molar-refractivity contribution in [2.24, 2.45) is 5.92 Å². The minimum atomic E-state index is -0.727. The van der Waals surface area contributed by atoms with Crippen LogP contribution in [-0.4, -0.2) is 47.1 Å². The molecule has 6 rings (SSSR count). The number of thioether (sulfide) groups is 1. The first kappa shape index (κ1) is 29.7. The number of aromatic amines is 1. The number of imide groups is 1. The molecule has 0 aliphatic carbocycles. The number of hydrogen-bond acceptors (Lipinski definition) is 9. The summed E-state index contributed by atoms with van der Waals surface area (Å²) in [5.41, 5.74) is 2.04. The Bertz CT molecular complexity index is 1800. The number of ether oxygens (including phenoxy) is 2. The quantitative estimate of drug-likeness (QED) is 0.199. The first-order valence-electron chi connectivity index (χ1n) is 13.6. The third-order valence-electron chi connectivity index (χ3n) is 7.20. The van der Waals surface area contributed by atoms with Gasteiger partial charge in [0.1, 0.15) is 11.0 Å². The molecule has 224 valence electrons. The highest BCUT2D eigenvalue weighted by atomic mass is 35.5. The Balaban J connectivity index is 1.17. The predicted octanol–water partition coefficient (Wildman–Crippen LogP) is 5.08. The van der Waals surface area contributed by atoms with Crippen LogP contribution in [0.5, 0.6) is 5.75 Å². The second-order valence-corrected chi connectivity index (χ2v) is 12.5. The molecule has 3 aromatic carbocycles. The molecule has 1 saturated heterocycles. The molecule has 3 amide bonds. The van der Waals surface area contributed by atoms with E-state index in [1.165, 1.54) is 16.7 Å². The molecular formula is C31H24ClN3O7S2. The first-order chi connectivity index (χ1) is 21.2. The number of benzene rings is 3. The molecule has 4 aromatic rings. The lowest BCUT2D eigenvalue weighted by Crippen LogP contribution is -2.32. The summed E-state index contributed by atoms with van der Waals surface area (Å²) in [6, 6.07) is 19.7. The summed E-state index contributed by atoms with van der Waals surface area (Å²) in [5, 5.41) is 3.06. The molecule has 2 aliphatic rings. The lowest BCUT2D eigenvalue weighted by molar-refractivity contribution is -0.122. The van der Waals surface area contributed by atoms with E-state index in [9.17, 15) is 24.0 Å². The average molecular weight is 650 g/mol. The van der Waals surface area contributed by atoms with Gasteiger partial charge in [-0.15, -0.1) is 0 Å². The van der Waals surface area contributed by atoms with Crippen LogP contribution in [0.1, 0.15) is 33.6 Å². The van der Waals surface area contributed by atoms with Crippen LogP contribution < -0.4 is 19.8 Å². The lowest BCUT2D eigenvalue weighted by atomic mass is 9.83. The van der Waals surface area contributed by atoms with Gasteiger partial charge in [0.2, 0.25) is 11.8 Å². The summed E-state index contributed by atoms with van der Waals surface area (Å²) in [6.07, 6.45) is 0. The van der Waals surface area contributed by atoms with Crippen molar-refractivity contribution in [3.63, 3.8) is 0 Å². The summed E-state index contributed by atoms with van der Waals surface area (Å²) in [4.78, 5) is 68.4. The predicted molar refractivity (Wildman–Crippen MR) is 167 cm³/mol. The van der Waals surface area contributed by atoms with E-state index in [1.807, 2.05) is 0 Å². The zero-order chi connectivity index (χ0) is 31.0. The molecule has 13 heteroatoms. The van der Waals surface area contributed by atoms with Gasteiger partial charge < -0.3 is 19.8 Å². The van der Waals surface area contributed by atoms with Gasteiger partial charge in [0.25, 0.3) is 5.91 Å². The fourth-order valence-corrected chi connectivity index (χ4v) is 7.88. The maximum absolute atomic E-state index is 13.8. The third-order valence-corrected chi connectivity index (χ3v) is 9.85. The standard InChI is InChI=1S/C31H24ClN3O7S2/c1-2-41-30(39)17-3-9-19(10-4-17)33-22(36)15-42-21-13-5-16(6-14-21)23-24-26(43-27-25(23)44-31(40)34-27)29(38)35(28(24)37)20-11-7-18(32)8-12-20/h3-14,23-24,26H,2,15H2,1H3,(H,33,36)(H,34,40)/t23-,24-,26+/m0/s1. The second kappa shape index (κ2) is 12.3. The van der Waals surface area contributed by atoms with Gasteiger partial charge in [-0.05, 0) is 73.2 Å². The summed E-state index contributed by atoms with van der Waals surface area (Å²) in [5.74, 6) is -2.38. The molecular weight excluding hydrogens is 626 g/mol. The Morgan fingerprint density at radius 3 is 2.34 bits per heavy atom. The van der Waals surface area contributed by atoms with Gasteiger partial charge in [0.05, 0.1) is 28.8 Å². The van der Waals surface area contributed by atoms with Gasteiger partial charge in [0, 0.05) is 21.5 Å². The number of rotatable bonds is 8. The molecule has 0 spiro atoms. The normalized spacial score (nSPS) is 18.9. The number of thiazole rings is 1. The van der Waals surface area contributed by atoms with Crippen LogP contribution in [0.25, 0.3) is 0 Å².